The zero-order chi connectivity index (χ0) is 22.7. The van der Waals surface area contributed by atoms with Gasteiger partial charge in [-0.25, -0.2) is 0 Å². The van der Waals surface area contributed by atoms with Crippen LogP contribution in [0.3, 0.4) is 0 Å². The minimum Gasteiger partial charge on any atom is -0.342 e. The number of carbonyl (C=O) groups excluding carboxylic acids is 2. The van der Waals surface area contributed by atoms with Gasteiger partial charge in [0.25, 0.3) is 0 Å². The normalized spacial score (nSPS) is 16.2. The van der Waals surface area contributed by atoms with E-state index in [2.05, 4.69) is 17.2 Å². The molecule has 0 saturated carbocycles. The molecule has 1 aromatic heterocycles. The number of rotatable bonds is 6. The van der Waals surface area contributed by atoms with Crippen molar-refractivity contribution in [2.24, 2.45) is 13.0 Å². The van der Waals surface area contributed by atoms with Crippen LogP contribution in [0.4, 0.5) is 0 Å². The van der Waals surface area contributed by atoms with Gasteiger partial charge in [0.05, 0.1) is 5.69 Å². The maximum absolute atomic E-state index is 13.1. The van der Waals surface area contributed by atoms with Gasteiger partial charge in [0.2, 0.25) is 5.91 Å². The molecule has 0 N–H and O–H groups in total. The van der Waals surface area contributed by atoms with Crippen LogP contribution in [-0.4, -0.2) is 39.5 Å². The number of piperidine rings is 1. The molecule has 166 valence electrons. The first-order chi connectivity index (χ1) is 15.4. The Hall–Kier alpha value is -3.21. The van der Waals surface area contributed by atoms with E-state index in [1.54, 1.807) is 0 Å². The van der Waals surface area contributed by atoms with Gasteiger partial charge < -0.3 is 4.90 Å². The first-order valence-electron chi connectivity index (χ1n) is 11.4. The quantitative estimate of drug-likeness (QED) is 0.531. The lowest BCUT2D eigenvalue weighted by Gasteiger charge is -2.32. The molecule has 5 heteroatoms. The highest BCUT2D eigenvalue weighted by molar-refractivity contribution is 5.98. The van der Waals surface area contributed by atoms with Crippen LogP contribution in [0.2, 0.25) is 0 Å². The molecule has 1 amide bonds. The molecule has 1 saturated heterocycles. The molecule has 0 spiro atoms. The van der Waals surface area contributed by atoms with Crippen LogP contribution in [0, 0.1) is 19.8 Å². The van der Waals surface area contributed by atoms with E-state index in [1.165, 1.54) is 0 Å². The van der Waals surface area contributed by atoms with E-state index in [0.29, 0.717) is 19.4 Å². The van der Waals surface area contributed by atoms with Gasteiger partial charge in [0.15, 0.2) is 5.78 Å². The summed E-state index contributed by atoms with van der Waals surface area (Å²) in [5, 5.41) is 4.44. The summed E-state index contributed by atoms with van der Waals surface area (Å²) in [6.07, 6.45) is 2.86. The smallest absolute Gasteiger partial charge is 0.222 e. The largest absolute Gasteiger partial charge is 0.342 e. The number of amides is 1. The SMILES string of the molecule is Cc1nn(C)c(C)c1CCC(=O)N1CCC[C@H](C(=O)c2ccc(-c3ccccc3)cc2)C1. The third-order valence-electron chi connectivity index (χ3n) is 6.67. The van der Waals surface area contributed by atoms with Crippen molar-refractivity contribution in [1.82, 2.24) is 14.7 Å². The van der Waals surface area contributed by atoms with Crippen molar-refractivity contribution in [3.63, 3.8) is 0 Å². The average Bonchev–Trinajstić information content (AvgIpc) is 3.08. The standard InChI is InChI=1S/C27H31N3O2/c1-19-25(20(2)29(3)28-19)15-16-26(31)30-17-7-10-24(18-30)27(32)23-13-11-22(12-14-23)21-8-5-4-6-9-21/h4-6,8-9,11-14,24H,7,10,15-18H2,1-3H3/t24-/m0/s1. The number of nitrogens with zero attached hydrogens (tertiary/aromatic N) is 3. The summed E-state index contributed by atoms with van der Waals surface area (Å²) in [6.45, 7) is 5.29. The van der Waals surface area contributed by atoms with E-state index >= 15 is 0 Å². The second kappa shape index (κ2) is 9.51. The van der Waals surface area contributed by atoms with Crippen molar-refractivity contribution < 1.29 is 9.59 Å². The van der Waals surface area contributed by atoms with Crippen molar-refractivity contribution in [2.75, 3.05) is 13.1 Å². The Kier molecular flexibility index (Phi) is 6.54. The second-order valence-electron chi connectivity index (χ2n) is 8.76. The summed E-state index contributed by atoms with van der Waals surface area (Å²) in [5.74, 6) is 0.141. The maximum atomic E-state index is 13.1. The zero-order valence-electron chi connectivity index (χ0n) is 19.2. The number of carbonyl (C=O) groups is 2. The number of benzene rings is 2. The van der Waals surface area contributed by atoms with Crippen LogP contribution in [0.1, 0.15) is 46.6 Å². The Morgan fingerprint density at radius 3 is 2.34 bits per heavy atom. The Morgan fingerprint density at radius 1 is 1.00 bits per heavy atom. The fourth-order valence-electron chi connectivity index (χ4n) is 4.68. The lowest BCUT2D eigenvalue weighted by Crippen LogP contribution is -2.42. The van der Waals surface area contributed by atoms with Gasteiger partial charge in [-0.3, -0.25) is 14.3 Å². The highest BCUT2D eigenvalue weighted by Crippen LogP contribution is 2.25. The van der Waals surface area contributed by atoms with Crippen LogP contribution in [0.5, 0.6) is 0 Å². The van der Waals surface area contributed by atoms with E-state index in [0.717, 1.165) is 53.0 Å². The van der Waals surface area contributed by atoms with Crippen LogP contribution < -0.4 is 0 Å². The van der Waals surface area contributed by atoms with Gasteiger partial charge in [-0.2, -0.15) is 5.10 Å². The zero-order valence-corrected chi connectivity index (χ0v) is 19.2. The summed E-state index contributed by atoms with van der Waals surface area (Å²) in [4.78, 5) is 27.9. The van der Waals surface area contributed by atoms with Gasteiger partial charge in [0, 0.05) is 43.7 Å². The maximum Gasteiger partial charge on any atom is 0.222 e. The lowest BCUT2D eigenvalue weighted by molar-refractivity contribution is -0.132. The molecule has 1 aliphatic rings. The number of likely N-dealkylation sites (tertiary alicyclic amines) is 1. The summed E-state index contributed by atoms with van der Waals surface area (Å²) in [6, 6.07) is 18.0. The van der Waals surface area contributed by atoms with Crippen molar-refractivity contribution >= 4 is 11.7 Å². The summed E-state index contributed by atoms with van der Waals surface area (Å²) < 4.78 is 1.87. The molecule has 0 unspecified atom stereocenters. The second-order valence-corrected chi connectivity index (χ2v) is 8.76. The molecule has 0 aliphatic carbocycles. The monoisotopic (exact) mass is 429 g/mol. The third-order valence-corrected chi connectivity index (χ3v) is 6.67. The predicted molar refractivity (Wildman–Crippen MR) is 127 cm³/mol. The molecule has 2 heterocycles. The Balaban J connectivity index is 1.37. The molecular weight excluding hydrogens is 398 g/mol. The van der Waals surface area contributed by atoms with E-state index in [-0.39, 0.29) is 17.6 Å². The number of hydrogen-bond acceptors (Lipinski definition) is 3. The first-order valence-corrected chi connectivity index (χ1v) is 11.4. The Labute approximate surface area is 190 Å². The summed E-state index contributed by atoms with van der Waals surface area (Å²) >= 11 is 0. The molecule has 0 radical (unpaired) electrons. The fraction of sp³-hybridized carbons (Fsp3) is 0.370. The molecule has 1 aliphatic heterocycles. The first kappa shape index (κ1) is 22.0. The highest BCUT2D eigenvalue weighted by Gasteiger charge is 2.29. The van der Waals surface area contributed by atoms with Crippen molar-refractivity contribution in [1.29, 1.82) is 0 Å². The number of aromatic nitrogens is 2. The van der Waals surface area contributed by atoms with Gasteiger partial charge in [-0.05, 0) is 49.8 Å². The molecule has 0 bridgehead atoms. The number of ketones is 1. The number of aryl methyl sites for hydroxylation is 2. The molecule has 5 nitrogen and oxygen atoms in total. The number of hydrogen-bond donors (Lipinski definition) is 0. The lowest BCUT2D eigenvalue weighted by atomic mass is 9.89. The summed E-state index contributed by atoms with van der Waals surface area (Å²) in [5.41, 5.74) is 6.22. The van der Waals surface area contributed by atoms with Gasteiger partial charge in [-0.15, -0.1) is 0 Å². The van der Waals surface area contributed by atoms with Gasteiger partial charge in [-0.1, -0.05) is 54.6 Å². The average molecular weight is 430 g/mol. The molecular formula is C27H31N3O2. The Morgan fingerprint density at radius 2 is 1.69 bits per heavy atom. The molecule has 4 rings (SSSR count). The highest BCUT2D eigenvalue weighted by atomic mass is 16.2. The van der Waals surface area contributed by atoms with Crippen LogP contribution in [-0.2, 0) is 18.3 Å². The fourth-order valence-corrected chi connectivity index (χ4v) is 4.68. The Bertz CT molecular complexity index is 1100. The summed E-state index contributed by atoms with van der Waals surface area (Å²) in [7, 11) is 1.93. The topological polar surface area (TPSA) is 55.2 Å². The molecule has 1 atom stereocenters. The van der Waals surface area contributed by atoms with Crippen molar-refractivity contribution in [2.45, 2.75) is 39.5 Å². The van der Waals surface area contributed by atoms with E-state index in [1.807, 2.05) is 72.9 Å². The van der Waals surface area contributed by atoms with Crippen LogP contribution in [0.15, 0.2) is 54.6 Å². The number of Topliss-reactive ketones (excluding diaryl/α,β-unsaturated/α-hetero) is 1. The minimum absolute atomic E-state index is 0.128. The van der Waals surface area contributed by atoms with Gasteiger partial charge in [0.1, 0.15) is 0 Å². The van der Waals surface area contributed by atoms with Crippen LogP contribution >= 0.6 is 0 Å². The minimum atomic E-state index is -0.128. The van der Waals surface area contributed by atoms with Crippen molar-refractivity contribution in [3.05, 3.63) is 77.1 Å². The van der Waals surface area contributed by atoms with Crippen LogP contribution in [0.25, 0.3) is 11.1 Å². The van der Waals surface area contributed by atoms with Crippen molar-refractivity contribution in [3.8, 4) is 11.1 Å². The predicted octanol–water partition coefficient (Wildman–Crippen LogP) is 4.76. The third kappa shape index (κ3) is 4.67. The van der Waals surface area contributed by atoms with E-state index < -0.39 is 0 Å². The molecule has 3 aromatic rings. The van der Waals surface area contributed by atoms with Gasteiger partial charge >= 0.3 is 0 Å². The molecule has 32 heavy (non-hydrogen) atoms. The van der Waals surface area contributed by atoms with E-state index in [4.69, 9.17) is 0 Å². The molecule has 2 aromatic carbocycles. The van der Waals surface area contributed by atoms with E-state index in [9.17, 15) is 9.59 Å². The molecule has 1 fully saturated rings.